The predicted molar refractivity (Wildman–Crippen MR) is 58.3 cm³/mol. The third-order valence-corrected chi connectivity index (χ3v) is 2.55. The molecule has 0 radical (unpaired) electrons. The molecule has 0 aliphatic carbocycles. The van der Waals surface area contributed by atoms with E-state index in [1.165, 1.54) is 12.1 Å². The zero-order chi connectivity index (χ0) is 12.6. The summed E-state index contributed by atoms with van der Waals surface area (Å²) in [6.07, 6.45) is 0. The van der Waals surface area contributed by atoms with E-state index in [2.05, 4.69) is 5.16 Å². The molecule has 0 saturated heterocycles. The van der Waals surface area contributed by atoms with Crippen LogP contribution >= 0.6 is 0 Å². The van der Waals surface area contributed by atoms with Crippen LogP contribution in [-0.4, -0.2) is 16.2 Å². The summed E-state index contributed by atoms with van der Waals surface area (Å²) in [6.45, 7) is 3.23. The van der Waals surface area contributed by atoms with E-state index < -0.39 is 5.97 Å². The number of carboxylic acid groups (broad SMARTS) is 1. The van der Waals surface area contributed by atoms with Gasteiger partial charge in [0, 0.05) is 11.1 Å². The zero-order valence-electron chi connectivity index (χ0n) is 9.32. The van der Waals surface area contributed by atoms with Gasteiger partial charge in [-0.15, -0.1) is 0 Å². The molecule has 5 heteroatoms. The van der Waals surface area contributed by atoms with Gasteiger partial charge in [-0.25, -0.2) is 9.18 Å². The second-order valence-corrected chi connectivity index (χ2v) is 3.75. The van der Waals surface area contributed by atoms with Gasteiger partial charge in [-0.3, -0.25) is 0 Å². The number of benzene rings is 1. The lowest BCUT2D eigenvalue weighted by Gasteiger charge is -2.00. The van der Waals surface area contributed by atoms with Crippen molar-refractivity contribution in [2.45, 2.75) is 13.8 Å². The Hall–Kier alpha value is -2.17. The van der Waals surface area contributed by atoms with Crippen LogP contribution in [0.4, 0.5) is 4.39 Å². The molecule has 88 valence electrons. The minimum absolute atomic E-state index is 0.123. The van der Waals surface area contributed by atoms with Crippen LogP contribution in [-0.2, 0) is 0 Å². The van der Waals surface area contributed by atoms with Crippen molar-refractivity contribution in [1.29, 1.82) is 0 Å². The number of hydrogen-bond acceptors (Lipinski definition) is 3. The highest BCUT2D eigenvalue weighted by Gasteiger charge is 2.19. The third-order valence-electron chi connectivity index (χ3n) is 2.55. The van der Waals surface area contributed by atoms with Gasteiger partial charge in [0.2, 0.25) is 0 Å². The van der Waals surface area contributed by atoms with Gasteiger partial charge in [0.15, 0.2) is 11.5 Å². The Morgan fingerprint density at radius 2 is 2.12 bits per heavy atom. The summed E-state index contributed by atoms with van der Waals surface area (Å²) in [6, 6.07) is 4.43. The molecule has 0 atom stereocenters. The SMILES string of the molecule is Cc1cc(-c2onc(C(=O)O)c2C)ccc1F. The van der Waals surface area contributed by atoms with Gasteiger partial charge in [0.1, 0.15) is 5.82 Å². The van der Waals surface area contributed by atoms with Crippen LogP contribution in [0.15, 0.2) is 22.7 Å². The summed E-state index contributed by atoms with van der Waals surface area (Å²) in [5.41, 5.74) is 1.39. The molecule has 1 aromatic heterocycles. The molecule has 0 aliphatic rings. The molecule has 4 nitrogen and oxygen atoms in total. The Morgan fingerprint density at radius 1 is 1.41 bits per heavy atom. The first-order valence-corrected chi connectivity index (χ1v) is 4.97. The number of nitrogens with zero attached hydrogens (tertiary/aromatic N) is 1. The average Bonchev–Trinajstić information content (AvgIpc) is 2.64. The van der Waals surface area contributed by atoms with Crippen LogP contribution in [0.1, 0.15) is 21.6 Å². The van der Waals surface area contributed by atoms with E-state index >= 15 is 0 Å². The monoisotopic (exact) mass is 235 g/mol. The number of hydrogen-bond donors (Lipinski definition) is 1. The minimum Gasteiger partial charge on any atom is -0.476 e. The van der Waals surface area contributed by atoms with E-state index in [1.807, 2.05) is 0 Å². The molecule has 1 aromatic carbocycles. The highest BCUT2D eigenvalue weighted by atomic mass is 19.1. The van der Waals surface area contributed by atoms with Crippen molar-refractivity contribution in [3.63, 3.8) is 0 Å². The van der Waals surface area contributed by atoms with Crippen LogP contribution in [0.3, 0.4) is 0 Å². The van der Waals surface area contributed by atoms with Crippen LogP contribution in [0, 0.1) is 19.7 Å². The number of rotatable bonds is 2. The van der Waals surface area contributed by atoms with Crippen LogP contribution in [0.2, 0.25) is 0 Å². The van der Waals surface area contributed by atoms with E-state index in [0.29, 0.717) is 22.5 Å². The Kier molecular flexibility index (Phi) is 2.67. The molecule has 0 fully saturated rings. The lowest BCUT2D eigenvalue weighted by Crippen LogP contribution is -1.98. The number of aryl methyl sites for hydroxylation is 1. The Labute approximate surface area is 96.7 Å². The average molecular weight is 235 g/mol. The first-order chi connectivity index (χ1) is 8.00. The van der Waals surface area contributed by atoms with Crippen molar-refractivity contribution < 1.29 is 18.8 Å². The highest BCUT2D eigenvalue weighted by molar-refractivity contribution is 5.88. The topological polar surface area (TPSA) is 63.3 Å². The fourth-order valence-electron chi connectivity index (χ4n) is 1.59. The van der Waals surface area contributed by atoms with Crippen molar-refractivity contribution in [2.24, 2.45) is 0 Å². The van der Waals surface area contributed by atoms with Crippen molar-refractivity contribution in [3.8, 4) is 11.3 Å². The highest BCUT2D eigenvalue weighted by Crippen LogP contribution is 2.27. The van der Waals surface area contributed by atoms with Gasteiger partial charge in [-0.1, -0.05) is 5.16 Å². The lowest BCUT2D eigenvalue weighted by molar-refractivity contribution is 0.0685. The van der Waals surface area contributed by atoms with Gasteiger partial charge in [-0.2, -0.15) is 0 Å². The molecule has 0 aliphatic heterocycles. The Bertz CT molecular complexity index is 589. The molecule has 2 aromatic rings. The Morgan fingerprint density at radius 3 is 2.65 bits per heavy atom. The normalized spacial score (nSPS) is 10.5. The predicted octanol–water partition coefficient (Wildman–Crippen LogP) is 2.80. The fourth-order valence-corrected chi connectivity index (χ4v) is 1.59. The Balaban J connectivity index is 2.53. The maximum absolute atomic E-state index is 13.1. The number of aromatic nitrogens is 1. The third kappa shape index (κ3) is 1.91. The minimum atomic E-state index is -1.14. The van der Waals surface area contributed by atoms with E-state index in [1.54, 1.807) is 19.9 Å². The van der Waals surface area contributed by atoms with Gasteiger partial charge < -0.3 is 9.63 Å². The lowest BCUT2D eigenvalue weighted by atomic mass is 10.1. The summed E-state index contributed by atoms with van der Waals surface area (Å²) in [4.78, 5) is 10.8. The quantitative estimate of drug-likeness (QED) is 0.869. The van der Waals surface area contributed by atoms with Gasteiger partial charge in [-0.05, 0) is 37.6 Å². The summed E-state index contributed by atoms with van der Waals surface area (Å²) in [5.74, 6) is -1.11. The first kappa shape index (κ1) is 11.3. The summed E-state index contributed by atoms with van der Waals surface area (Å²) in [5, 5.41) is 12.3. The van der Waals surface area contributed by atoms with Crippen LogP contribution in [0.5, 0.6) is 0 Å². The maximum atomic E-state index is 13.1. The largest absolute Gasteiger partial charge is 0.476 e. The molecule has 1 N–H and O–H groups in total. The summed E-state index contributed by atoms with van der Waals surface area (Å²) < 4.78 is 18.1. The molecule has 0 bridgehead atoms. The number of carbonyl (C=O) groups is 1. The molecular weight excluding hydrogens is 225 g/mol. The van der Waals surface area contributed by atoms with Crippen molar-refractivity contribution in [2.75, 3.05) is 0 Å². The van der Waals surface area contributed by atoms with Gasteiger partial charge in [0.05, 0.1) is 0 Å². The smallest absolute Gasteiger partial charge is 0.358 e. The van der Waals surface area contributed by atoms with Crippen LogP contribution < -0.4 is 0 Å². The first-order valence-electron chi connectivity index (χ1n) is 4.97. The second kappa shape index (κ2) is 4.01. The number of aromatic carboxylic acids is 1. The molecular formula is C12H10FNO3. The van der Waals surface area contributed by atoms with Crippen molar-refractivity contribution >= 4 is 5.97 Å². The fraction of sp³-hybridized carbons (Fsp3) is 0.167. The molecule has 0 amide bonds. The second-order valence-electron chi connectivity index (χ2n) is 3.75. The molecule has 0 saturated carbocycles. The van der Waals surface area contributed by atoms with Gasteiger partial charge >= 0.3 is 5.97 Å². The standard InChI is InChI=1S/C12H10FNO3/c1-6-5-8(3-4-9(6)13)11-7(2)10(12(15)16)14-17-11/h3-5H,1-2H3,(H,15,16). The molecule has 0 unspecified atom stereocenters. The maximum Gasteiger partial charge on any atom is 0.358 e. The molecule has 1 heterocycles. The number of carboxylic acids is 1. The van der Waals surface area contributed by atoms with E-state index in [-0.39, 0.29) is 11.5 Å². The van der Waals surface area contributed by atoms with Gasteiger partial charge in [0.25, 0.3) is 0 Å². The zero-order valence-corrected chi connectivity index (χ0v) is 9.32. The van der Waals surface area contributed by atoms with E-state index in [9.17, 15) is 9.18 Å². The van der Waals surface area contributed by atoms with E-state index in [0.717, 1.165) is 0 Å². The van der Waals surface area contributed by atoms with Crippen molar-refractivity contribution in [3.05, 3.63) is 40.8 Å². The van der Waals surface area contributed by atoms with Crippen molar-refractivity contribution in [1.82, 2.24) is 5.16 Å². The number of halogens is 1. The van der Waals surface area contributed by atoms with Crippen LogP contribution in [0.25, 0.3) is 11.3 Å². The van der Waals surface area contributed by atoms with E-state index in [4.69, 9.17) is 9.63 Å². The molecule has 2 rings (SSSR count). The summed E-state index contributed by atoms with van der Waals surface area (Å²) >= 11 is 0. The molecule has 0 spiro atoms. The summed E-state index contributed by atoms with van der Waals surface area (Å²) in [7, 11) is 0. The molecule has 17 heavy (non-hydrogen) atoms.